The van der Waals surface area contributed by atoms with Gasteiger partial charge in [-0.25, -0.2) is 0 Å². The topological polar surface area (TPSA) is 41.1 Å². The second-order valence-corrected chi connectivity index (χ2v) is 3.77. The van der Waals surface area contributed by atoms with Crippen LogP contribution in [0.25, 0.3) is 0 Å². The van der Waals surface area contributed by atoms with E-state index in [0.717, 1.165) is 18.5 Å². The molecule has 0 aliphatic rings. The number of hydrogen-bond acceptors (Lipinski definition) is 2. The fraction of sp³-hybridized carbons (Fsp3) is 0.462. The summed E-state index contributed by atoms with van der Waals surface area (Å²) in [5.41, 5.74) is 3.55. The zero-order valence-electron chi connectivity index (χ0n) is 10.3. The van der Waals surface area contributed by atoms with Gasteiger partial charge in [0.15, 0.2) is 0 Å². The Bertz CT molecular complexity index is 361. The number of aryl methyl sites for hydroxylation is 2. The lowest BCUT2D eigenvalue weighted by Gasteiger charge is -2.10. The van der Waals surface area contributed by atoms with Crippen molar-refractivity contribution in [2.45, 2.75) is 26.7 Å². The molecule has 0 unspecified atom stereocenters. The Morgan fingerprint density at radius 1 is 1.19 bits per heavy atom. The Balaban J connectivity index is 2.78. The predicted octanol–water partition coefficient (Wildman–Crippen LogP) is 1.97. The average molecular weight is 220 g/mol. The van der Waals surface area contributed by atoms with Gasteiger partial charge in [0.1, 0.15) is 0 Å². The Kier molecular flexibility index (Phi) is 4.99. The third-order valence-electron chi connectivity index (χ3n) is 2.59. The number of anilines is 1. The summed E-state index contributed by atoms with van der Waals surface area (Å²) in [5, 5.41) is 5.69. The van der Waals surface area contributed by atoms with Gasteiger partial charge in [0.05, 0.1) is 6.54 Å². The minimum Gasteiger partial charge on any atom is -0.325 e. The van der Waals surface area contributed by atoms with E-state index in [9.17, 15) is 4.79 Å². The molecule has 2 N–H and O–H groups in total. The van der Waals surface area contributed by atoms with Crippen LogP contribution in [0.15, 0.2) is 18.2 Å². The first-order valence-electron chi connectivity index (χ1n) is 5.77. The lowest BCUT2D eigenvalue weighted by atomic mass is 10.0. The van der Waals surface area contributed by atoms with Gasteiger partial charge in [-0.15, -0.1) is 0 Å². The van der Waals surface area contributed by atoms with Crippen LogP contribution in [0.4, 0.5) is 5.69 Å². The van der Waals surface area contributed by atoms with Gasteiger partial charge in [-0.1, -0.05) is 19.9 Å². The minimum absolute atomic E-state index is 0.00574. The van der Waals surface area contributed by atoms with Crippen molar-refractivity contribution < 1.29 is 4.79 Å². The maximum absolute atomic E-state index is 11.4. The van der Waals surface area contributed by atoms with Crippen molar-refractivity contribution in [1.29, 1.82) is 0 Å². The maximum Gasteiger partial charge on any atom is 0.238 e. The molecular formula is C13H20N2O. The Morgan fingerprint density at radius 3 is 2.44 bits per heavy atom. The first-order chi connectivity index (χ1) is 7.71. The van der Waals surface area contributed by atoms with Crippen molar-refractivity contribution in [3.63, 3.8) is 0 Å². The fourth-order valence-electron chi connectivity index (χ4n) is 1.74. The first kappa shape index (κ1) is 12.7. The van der Waals surface area contributed by atoms with Gasteiger partial charge in [-0.2, -0.15) is 0 Å². The van der Waals surface area contributed by atoms with E-state index in [1.165, 1.54) is 11.1 Å². The van der Waals surface area contributed by atoms with Crippen molar-refractivity contribution >= 4 is 11.6 Å². The molecule has 1 aromatic carbocycles. The standard InChI is InChI=1S/C13H20N2O/c1-4-10-6-7-12(8-11(10)5-2)15-13(16)9-14-3/h6-8,14H,4-5,9H2,1-3H3,(H,15,16). The molecule has 3 heteroatoms. The number of carbonyl (C=O) groups excluding carboxylic acids is 1. The second kappa shape index (κ2) is 6.28. The van der Waals surface area contributed by atoms with Crippen LogP contribution in [-0.2, 0) is 17.6 Å². The highest BCUT2D eigenvalue weighted by Gasteiger charge is 2.03. The van der Waals surface area contributed by atoms with E-state index in [4.69, 9.17) is 0 Å². The zero-order valence-corrected chi connectivity index (χ0v) is 10.3. The molecule has 0 aliphatic carbocycles. The predicted molar refractivity (Wildman–Crippen MR) is 67.8 cm³/mol. The van der Waals surface area contributed by atoms with Crippen LogP contribution in [0.5, 0.6) is 0 Å². The summed E-state index contributed by atoms with van der Waals surface area (Å²) < 4.78 is 0. The number of hydrogen-bond donors (Lipinski definition) is 2. The molecular weight excluding hydrogens is 200 g/mol. The summed E-state index contributed by atoms with van der Waals surface area (Å²) in [5.74, 6) is -0.00574. The highest BCUT2D eigenvalue weighted by Crippen LogP contribution is 2.17. The lowest BCUT2D eigenvalue weighted by molar-refractivity contribution is -0.115. The van der Waals surface area contributed by atoms with E-state index in [1.54, 1.807) is 7.05 Å². The van der Waals surface area contributed by atoms with Crippen molar-refractivity contribution in [2.75, 3.05) is 18.9 Å². The van der Waals surface area contributed by atoms with Crippen LogP contribution >= 0.6 is 0 Å². The molecule has 0 aliphatic heterocycles. The molecule has 0 atom stereocenters. The number of amides is 1. The van der Waals surface area contributed by atoms with Crippen molar-refractivity contribution in [3.05, 3.63) is 29.3 Å². The van der Waals surface area contributed by atoms with Crippen LogP contribution < -0.4 is 10.6 Å². The molecule has 16 heavy (non-hydrogen) atoms. The maximum atomic E-state index is 11.4. The highest BCUT2D eigenvalue weighted by molar-refractivity contribution is 5.92. The van der Waals surface area contributed by atoms with E-state index >= 15 is 0 Å². The molecule has 0 saturated carbocycles. The van der Waals surface area contributed by atoms with Crippen molar-refractivity contribution in [3.8, 4) is 0 Å². The molecule has 0 saturated heterocycles. The molecule has 0 bridgehead atoms. The summed E-state index contributed by atoms with van der Waals surface area (Å²) in [7, 11) is 1.76. The van der Waals surface area contributed by atoms with Gasteiger partial charge in [-0.3, -0.25) is 4.79 Å². The molecule has 1 rings (SSSR count). The molecule has 0 heterocycles. The largest absolute Gasteiger partial charge is 0.325 e. The smallest absolute Gasteiger partial charge is 0.238 e. The quantitative estimate of drug-likeness (QED) is 0.796. The Hall–Kier alpha value is -1.35. The summed E-state index contributed by atoms with van der Waals surface area (Å²) >= 11 is 0. The number of carbonyl (C=O) groups is 1. The molecule has 0 aromatic heterocycles. The Morgan fingerprint density at radius 2 is 1.88 bits per heavy atom. The van der Waals surface area contributed by atoms with Crippen LogP contribution in [0.1, 0.15) is 25.0 Å². The number of likely N-dealkylation sites (N-methyl/N-ethyl adjacent to an activating group) is 1. The third kappa shape index (κ3) is 3.35. The van der Waals surface area contributed by atoms with Gasteiger partial charge >= 0.3 is 0 Å². The van der Waals surface area contributed by atoms with Gasteiger partial charge in [0.2, 0.25) is 5.91 Å². The monoisotopic (exact) mass is 220 g/mol. The van der Waals surface area contributed by atoms with Gasteiger partial charge in [0.25, 0.3) is 0 Å². The molecule has 88 valence electrons. The minimum atomic E-state index is -0.00574. The summed E-state index contributed by atoms with van der Waals surface area (Å²) in [6, 6.07) is 6.12. The van der Waals surface area contributed by atoms with E-state index in [2.05, 4.69) is 36.6 Å². The van der Waals surface area contributed by atoms with Gasteiger partial charge < -0.3 is 10.6 Å². The normalized spacial score (nSPS) is 10.2. The fourth-order valence-corrected chi connectivity index (χ4v) is 1.74. The molecule has 0 radical (unpaired) electrons. The first-order valence-corrected chi connectivity index (χ1v) is 5.77. The molecule has 0 fully saturated rings. The SMILES string of the molecule is CCc1ccc(NC(=O)CNC)cc1CC. The lowest BCUT2D eigenvalue weighted by Crippen LogP contribution is -2.25. The number of benzene rings is 1. The third-order valence-corrected chi connectivity index (χ3v) is 2.59. The summed E-state index contributed by atoms with van der Waals surface area (Å²) in [4.78, 5) is 11.4. The van der Waals surface area contributed by atoms with E-state index < -0.39 is 0 Å². The van der Waals surface area contributed by atoms with Crippen molar-refractivity contribution in [1.82, 2.24) is 5.32 Å². The van der Waals surface area contributed by atoms with Crippen molar-refractivity contribution in [2.24, 2.45) is 0 Å². The summed E-state index contributed by atoms with van der Waals surface area (Å²) in [6.45, 7) is 4.62. The molecule has 3 nitrogen and oxygen atoms in total. The van der Waals surface area contributed by atoms with Crippen LogP contribution in [0, 0.1) is 0 Å². The molecule has 0 spiro atoms. The van der Waals surface area contributed by atoms with Crippen LogP contribution in [0.2, 0.25) is 0 Å². The van der Waals surface area contributed by atoms with Crippen LogP contribution in [0.3, 0.4) is 0 Å². The van der Waals surface area contributed by atoms with Gasteiger partial charge in [-0.05, 0) is 43.1 Å². The molecule has 1 aromatic rings. The summed E-state index contributed by atoms with van der Waals surface area (Å²) in [6.07, 6.45) is 2.03. The highest BCUT2D eigenvalue weighted by atomic mass is 16.1. The van der Waals surface area contributed by atoms with Gasteiger partial charge in [0, 0.05) is 5.69 Å². The Labute approximate surface area is 97.2 Å². The molecule has 1 amide bonds. The number of rotatable bonds is 5. The van der Waals surface area contributed by atoms with Crippen LogP contribution in [-0.4, -0.2) is 19.5 Å². The number of nitrogens with one attached hydrogen (secondary N) is 2. The van der Waals surface area contributed by atoms with E-state index in [1.807, 2.05) is 6.07 Å². The second-order valence-electron chi connectivity index (χ2n) is 3.77. The van der Waals surface area contributed by atoms with E-state index in [-0.39, 0.29) is 5.91 Å². The zero-order chi connectivity index (χ0) is 12.0. The van der Waals surface area contributed by atoms with E-state index in [0.29, 0.717) is 6.54 Å². The average Bonchev–Trinajstić information content (AvgIpc) is 2.29.